The molecule has 5 heteroatoms. The fraction of sp³-hybridized carbons (Fsp3) is 1.00. The summed E-state index contributed by atoms with van der Waals surface area (Å²) in [5, 5.41) is 0. The standard InChI is InChI=1S/C18H39O4P/c1-4-7-10-11-12-13-16-22-23(19)17-18(20-14-8-5-2)21-15-9-6-3/h18,23H,4-17H2,1-3H3. The van der Waals surface area contributed by atoms with Crippen LogP contribution in [0.1, 0.15) is 85.0 Å². The van der Waals surface area contributed by atoms with Gasteiger partial charge in [0.25, 0.3) is 0 Å². The Bertz CT molecular complexity index is 251. The van der Waals surface area contributed by atoms with Crippen LogP contribution in [0.2, 0.25) is 0 Å². The SMILES string of the molecule is CCCCCCCCO[PH](=O)CC(OCCCC)OCCCC. The minimum atomic E-state index is -2.06. The van der Waals surface area contributed by atoms with E-state index in [2.05, 4.69) is 20.8 Å². The fourth-order valence-electron chi connectivity index (χ4n) is 2.15. The average Bonchev–Trinajstić information content (AvgIpc) is 2.54. The predicted octanol–water partition coefficient (Wildman–Crippen LogP) is 5.80. The van der Waals surface area contributed by atoms with E-state index in [1.165, 1.54) is 32.1 Å². The van der Waals surface area contributed by atoms with Gasteiger partial charge in [0.15, 0.2) is 14.3 Å². The van der Waals surface area contributed by atoms with Crippen molar-refractivity contribution in [3.05, 3.63) is 0 Å². The Morgan fingerprint density at radius 2 is 1.22 bits per heavy atom. The van der Waals surface area contributed by atoms with E-state index in [-0.39, 0.29) is 6.29 Å². The first-order valence-corrected chi connectivity index (χ1v) is 11.2. The van der Waals surface area contributed by atoms with Gasteiger partial charge >= 0.3 is 0 Å². The van der Waals surface area contributed by atoms with Gasteiger partial charge in [0, 0.05) is 13.2 Å². The lowest BCUT2D eigenvalue weighted by molar-refractivity contribution is -0.129. The molecule has 1 unspecified atom stereocenters. The van der Waals surface area contributed by atoms with Gasteiger partial charge in [0.05, 0.1) is 12.8 Å². The molecule has 140 valence electrons. The quantitative estimate of drug-likeness (QED) is 0.178. The number of ether oxygens (including phenoxy) is 2. The third-order valence-electron chi connectivity index (χ3n) is 3.70. The molecule has 23 heavy (non-hydrogen) atoms. The lowest BCUT2D eigenvalue weighted by Gasteiger charge is -2.18. The van der Waals surface area contributed by atoms with Crippen LogP contribution in [0.3, 0.4) is 0 Å². The Labute approximate surface area is 144 Å². The summed E-state index contributed by atoms with van der Waals surface area (Å²) in [6.07, 6.45) is 11.5. The van der Waals surface area contributed by atoms with Gasteiger partial charge in [-0.3, -0.25) is 4.57 Å². The summed E-state index contributed by atoms with van der Waals surface area (Å²) in [7, 11) is -2.06. The Morgan fingerprint density at radius 3 is 1.78 bits per heavy atom. The first kappa shape index (κ1) is 23.1. The van der Waals surface area contributed by atoms with Gasteiger partial charge in [0.1, 0.15) is 0 Å². The van der Waals surface area contributed by atoms with Crippen molar-refractivity contribution >= 4 is 8.03 Å². The van der Waals surface area contributed by atoms with Crippen molar-refractivity contribution in [1.82, 2.24) is 0 Å². The molecular formula is C18H39O4P. The highest BCUT2D eigenvalue weighted by Crippen LogP contribution is 2.25. The highest BCUT2D eigenvalue weighted by molar-refractivity contribution is 7.39. The zero-order valence-corrected chi connectivity index (χ0v) is 16.6. The molecule has 0 bridgehead atoms. The van der Waals surface area contributed by atoms with E-state index >= 15 is 0 Å². The van der Waals surface area contributed by atoms with Crippen molar-refractivity contribution < 1.29 is 18.6 Å². The minimum Gasteiger partial charge on any atom is -0.352 e. The van der Waals surface area contributed by atoms with E-state index < -0.39 is 8.03 Å². The summed E-state index contributed by atoms with van der Waals surface area (Å²) in [6.45, 7) is 8.41. The average molecular weight is 350 g/mol. The van der Waals surface area contributed by atoms with Crippen LogP contribution >= 0.6 is 8.03 Å². The van der Waals surface area contributed by atoms with Crippen molar-refractivity contribution in [2.45, 2.75) is 91.3 Å². The molecule has 0 fully saturated rings. The Balaban J connectivity index is 3.78. The topological polar surface area (TPSA) is 44.8 Å². The van der Waals surface area contributed by atoms with Crippen molar-refractivity contribution in [2.75, 3.05) is 26.0 Å². The normalized spacial score (nSPS) is 12.9. The molecule has 0 aliphatic heterocycles. The van der Waals surface area contributed by atoms with Crippen LogP contribution in [0.4, 0.5) is 0 Å². The maximum absolute atomic E-state index is 12.1. The smallest absolute Gasteiger partial charge is 0.196 e. The molecule has 0 spiro atoms. The molecule has 0 heterocycles. The van der Waals surface area contributed by atoms with E-state index in [0.717, 1.165) is 32.1 Å². The summed E-state index contributed by atoms with van der Waals surface area (Å²) < 4.78 is 28.9. The molecule has 0 saturated carbocycles. The van der Waals surface area contributed by atoms with E-state index in [1.54, 1.807) is 0 Å². The van der Waals surface area contributed by atoms with Crippen LogP contribution in [0, 0.1) is 0 Å². The Morgan fingerprint density at radius 1 is 0.696 bits per heavy atom. The summed E-state index contributed by atoms with van der Waals surface area (Å²) in [6, 6.07) is 0. The van der Waals surface area contributed by atoms with Gasteiger partial charge < -0.3 is 14.0 Å². The second-order valence-electron chi connectivity index (χ2n) is 6.07. The molecule has 0 rings (SSSR count). The zero-order chi connectivity index (χ0) is 17.2. The summed E-state index contributed by atoms with van der Waals surface area (Å²) in [4.78, 5) is 0. The van der Waals surface area contributed by atoms with Gasteiger partial charge in [-0.05, 0) is 19.3 Å². The second-order valence-corrected chi connectivity index (χ2v) is 7.51. The van der Waals surface area contributed by atoms with Crippen LogP contribution < -0.4 is 0 Å². The second kappa shape index (κ2) is 18.4. The number of hydrogen-bond acceptors (Lipinski definition) is 4. The van der Waals surface area contributed by atoms with E-state index in [4.69, 9.17) is 14.0 Å². The highest BCUT2D eigenvalue weighted by atomic mass is 31.1. The molecule has 0 aromatic carbocycles. The number of hydrogen-bond donors (Lipinski definition) is 0. The summed E-state index contributed by atoms with van der Waals surface area (Å²) >= 11 is 0. The third kappa shape index (κ3) is 16.7. The zero-order valence-electron chi connectivity index (χ0n) is 15.6. The number of unbranched alkanes of at least 4 members (excludes halogenated alkanes) is 7. The van der Waals surface area contributed by atoms with Crippen LogP contribution in [-0.2, 0) is 18.6 Å². The van der Waals surface area contributed by atoms with Gasteiger partial charge in [0.2, 0.25) is 0 Å². The molecule has 0 aliphatic carbocycles. The monoisotopic (exact) mass is 350 g/mol. The van der Waals surface area contributed by atoms with Crippen molar-refractivity contribution in [2.24, 2.45) is 0 Å². The van der Waals surface area contributed by atoms with Crippen molar-refractivity contribution in [3.63, 3.8) is 0 Å². The van der Waals surface area contributed by atoms with Crippen LogP contribution in [0.5, 0.6) is 0 Å². The highest BCUT2D eigenvalue weighted by Gasteiger charge is 2.14. The first-order valence-electron chi connectivity index (χ1n) is 9.63. The molecule has 0 aliphatic rings. The van der Waals surface area contributed by atoms with Crippen molar-refractivity contribution in [1.29, 1.82) is 0 Å². The van der Waals surface area contributed by atoms with Crippen LogP contribution in [-0.4, -0.2) is 32.3 Å². The lowest BCUT2D eigenvalue weighted by Crippen LogP contribution is -2.21. The van der Waals surface area contributed by atoms with Crippen molar-refractivity contribution in [3.8, 4) is 0 Å². The third-order valence-corrected chi connectivity index (χ3v) is 4.89. The van der Waals surface area contributed by atoms with Gasteiger partial charge in [-0.25, -0.2) is 0 Å². The molecule has 0 aromatic heterocycles. The molecule has 0 amide bonds. The van der Waals surface area contributed by atoms with Gasteiger partial charge in [-0.1, -0.05) is 65.7 Å². The lowest BCUT2D eigenvalue weighted by atomic mass is 10.1. The van der Waals surface area contributed by atoms with Crippen LogP contribution in [0.25, 0.3) is 0 Å². The predicted molar refractivity (Wildman–Crippen MR) is 98.7 cm³/mol. The minimum absolute atomic E-state index is 0.371. The maximum atomic E-state index is 12.1. The Kier molecular flexibility index (Phi) is 18.5. The molecule has 0 saturated heterocycles. The van der Waals surface area contributed by atoms with E-state index in [1.807, 2.05) is 0 Å². The first-order chi connectivity index (χ1) is 11.2. The molecule has 4 nitrogen and oxygen atoms in total. The largest absolute Gasteiger partial charge is 0.352 e. The molecule has 0 N–H and O–H groups in total. The van der Waals surface area contributed by atoms with E-state index in [9.17, 15) is 4.57 Å². The van der Waals surface area contributed by atoms with Crippen LogP contribution in [0.15, 0.2) is 0 Å². The van der Waals surface area contributed by atoms with Gasteiger partial charge in [-0.15, -0.1) is 0 Å². The molecule has 0 radical (unpaired) electrons. The maximum Gasteiger partial charge on any atom is 0.196 e. The number of rotatable bonds is 18. The molecule has 0 aromatic rings. The van der Waals surface area contributed by atoms with Gasteiger partial charge in [-0.2, -0.15) is 0 Å². The summed E-state index contributed by atoms with van der Waals surface area (Å²) in [5.74, 6) is 0. The molecular weight excluding hydrogens is 311 g/mol. The fourth-order valence-corrected chi connectivity index (χ4v) is 3.15. The molecule has 1 atom stereocenters. The Hall–Kier alpha value is 0.110. The summed E-state index contributed by atoms with van der Waals surface area (Å²) in [5.41, 5.74) is 0. The van der Waals surface area contributed by atoms with E-state index in [0.29, 0.717) is 26.0 Å².